The molecule has 5 aromatic rings. The summed E-state index contributed by atoms with van der Waals surface area (Å²) in [6.07, 6.45) is 5.84. The van der Waals surface area contributed by atoms with E-state index in [4.69, 9.17) is 28.2 Å². The number of imidazole rings is 1. The number of hydrogen-bond acceptors (Lipinski definition) is 5. The Hall–Kier alpha value is -3.94. The summed E-state index contributed by atoms with van der Waals surface area (Å²) in [4.78, 5) is 27.2. The summed E-state index contributed by atoms with van der Waals surface area (Å²) in [5.41, 5.74) is 5.77. The van der Waals surface area contributed by atoms with Gasteiger partial charge in [-0.05, 0) is 90.8 Å². The summed E-state index contributed by atoms with van der Waals surface area (Å²) in [6.45, 7) is 2.49. The highest BCUT2D eigenvalue weighted by Gasteiger charge is 2.32. The molecule has 1 aliphatic heterocycles. The van der Waals surface area contributed by atoms with E-state index in [2.05, 4.69) is 61.9 Å². The first kappa shape index (κ1) is 27.9. The van der Waals surface area contributed by atoms with Crippen LogP contribution in [-0.2, 0) is 6.54 Å². The molecule has 2 fully saturated rings. The quantitative estimate of drug-likeness (QED) is 0.180. The van der Waals surface area contributed by atoms with Crippen molar-refractivity contribution < 1.29 is 9.90 Å². The smallest absolute Gasteiger partial charge is 0.354 e. The second-order valence-corrected chi connectivity index (χ2v) is 12.5. The van der Waals surface area contributed by atoms with E-state index in [1.165, 1.54) is 53.1 Å². The largest absolute Gasteiger partial charge is 0.477 e. The Kier molecular flexibility index (Phi) is 7.53. The number of carboxylic acids is 1. The van der Waals surface area contributed by atoms with Crippen LogP contribution in [0, 0.1) is 5.92 Å². The molecule has 1 saturated heterocycles. The van der Waals surface area contributed by atoms with Gasteiger partial charge in [0.05, 0.1) is 11.0 Å². The number of anilines is 1. The van der Waals surface area contributed by atoms with E-state index in [1.807, 2.05) is 24.3 Å². The molecule has 1 aliphatic carbocycles. The minimum atomic E-state index is -1.04. The molecule has 0 spiro atoms. The van der Waals surface area contributed by atoms with E-state index >= 15 is 0 Å². The third-order valence-electron chi connectivity index (χ3n) is 8.68. The maximum absolute atomic E-state index is 11.4. The molecule has 218 valence electrons. The number of piperidine rings is 1. The highest BCUT2D eigenvalue weighted by Crippen LogP contribution is 2.42. The summed E-state index contributed by atoms with van der Waals surface area (Å²) < 4.78 is 2.47. The molecule has 3 aromatic carbocycles. The van der Waals surface area contributed by atoms with Crippen LogP contribution < -0.4 is 4.90 Å². The lowest BCUT2D eigenvalue weighted by atomic mass is 9.85. The molecule has 7 rings (SSSR count). The van der Waals surface area contributed by atoms with Crippen molar-refractivity contribution in [2.24, 2.45) is 5.92 Å². The zero-order valence-electron chi connectivity index (χ0n) is 23.5. The van der Waals surface area contributed by atoms with E-state index in [9.17, 15) is 9.90 Å². The first-order chi connectivity index (χ1) is 20.9. The molecule has 2 aliphatic rings. The number of hydrogen-bond donors (Lipinski definition) is 1. The van der Waals surface area contributed by atoms with Gasteiger partial charge in [0.15, 0.2) is 5.69 Å². The number of carbonyl (C=O) groups is 1. The van der Waals surface area contributed by atoms with Crippen molar-refractivity contribution in [1.82, 2.24) is 19.5 Å². The summed E-state index contributed by atoms with van der Waals surface area (Å²) in [5, 5.41) is 10.8. The van der Waals surface area contributed by atoms with Gasteiger partial charge in [-0.3, -0.25) is 0 Å². The summed E-state index contributed by atoms with van der Waals surface area (Å²) in [6, 6.07) is 24.3. The fourth-order valence-corrected chi connectivity index (χ4v) is 6.52. The van der Waals surface area contributed by atoms with Gasteiger partial charge in [0.2, 0.25) is 5.95 Å². The molecule has 3 heterocycles. The highest BCUT2D eigenvalue weighted by molar-refractivity contribution is 6.30. The van der Waals surface area contributed by atoms with Gasteiger partial charge in [-0.25, -0.2) is 19.7 Å². The molecular formula is C34H31Cl2N5O2. The Labute approximate surface area is 260 Å². The van der Waals surface area contributed by atoms with Crippen LogP contribution in [0.4, 0.5) is 5.95 Å². The van der Waals surface area contributed by atoms with Crippen LogP contribution in [0.25, 0.3) is 11.0 Å². The van der Waals surface area contributed by atoms with E-state index in [0.29, 0.717) is 27.8 Å². The second kappa shape index (κ2) is 11.6. The van der Waals surface area contributed by atoms with Gasteiger partial charge in [-0.15, -0.1) is 0 Å². The molecule has 2 aromatic heterocycles. The maximum Gasteiger partial charge on any atom is 0.354 e. The molecule has 0 bridgehead atoms. The highest BCUT2D eigenvalue weighted by atomic mass is 35.5. The van der Waals surface area contributed by atoms with Crippen molar-refractivity contribution in [3.63, 3.8) is 0 Å². The van der Waals surface area contributed by atoms with Crippen molar-refractivity contribution in [3.8, 4) is 0 Å². The Balaban J connectivity index is 1.19. The van der Waals surface area contributed by atoms with Crippen LogP contribution >= 0.6 is 23.2 Å². The molecule has 0 unspecified atom stereocenters. The second-order valence-electron chi connectivity index (χ2n) is 11.6. The summed E-state index contributed by atoms with van der Waals surface area (Å²) in [5.74, 6) is 1.67. The van der Waals surface area contributed by atoms with Gasteiger partial charge in [0.25, 0.3) is 0 Å². The van der Waals surface area contributed by atoms with E-state index in [0.717, 1.165) is 38.0 Å². The predicted octanol–water partition coefficient (Wildman–Crippen LogP) is 7.81. The lowest BCUT2D eigenvalue weighted by molar-refractivity contribution is 0.0690. The first-order valence-electron chi connectivity index (χ1n) is 14.8. The van der Waals surface area contributed by atoms with E-state index in [1.54, 1.807) is 0 Å². The van der Waals surface area contributed by atoms with Crippen LogP contribution in [0.1, 0.15) is 70.5 Å². The standard InChI is InChI=1S/C34H31Cl2N5O2/c35-26-8-3-22(4-9-26)31(23-5-10-27(36)11-6-23)25-7-12-28-30(19-25)41(32(38-28)24-1-2-24)20-21-14-17-40(18-15-21)34-37-16-13-29(39-34)33(42)43/h3-13,16,19,21,24,31H,1-2,14-15,17-18,20H2,(H,42,43). The molecule has 0 amide bonds. The molecule has 0 atom stereocenters. The van der Waals surface area contributed by atoms with Crippen LogP contribution in [0.2, 0.25) is 10.0 Å². The van der Waals surface area contributed by atoms with Crippen LogP contribution in [-0.4, -0.2) is 43.7 Å². The minimum absolute atomic E-state index is 0.0245. The topological polar surface area (TPSA) is 84.1 Å². The maximum atomic E-state index is 11.4. The van der Waals surface area contributed by atoms with Crippen molar-refractivity contribution in [2.75, 3.05) is 18.0 Å². The third-order valence-corrected chi connectivity index (χ3v) is 9.19. The normalized spacial score (nSPS) is 15.8. The van der Waals surface area contributed by atoms with Crippen LogP contribution in [0.15, 0.2) is 79.0 Å². The lowest BCUT2D eigenvalue weighted by Crippen LogP contribution is -2.36. The summed E-state index contributed by atoms with van der Waals surface area (Å²) >= 11 is 12.5. The number of carboxylic acid groups (broad SMARTS) is 1. The van der Waals surface area contributed by atoms with Gasteiger partial charge < -0.3 is 14.6 Å². The van der Waals surface area contributed by atoms with E-state index in [-0.39, 0.29) is 11.6 Å². The molecule has 0 radical (unpaired) electrons. The average molecular weight is 613 g/mol. The number of halogens is 2. The van der Waals surface area contributed by atoms with Gasteiger partial charge in [0, 0.05) is 47.7 Å². The fraction of sp³-hybridized carbons (Fsp3) is 0.294. The zero-order valence-corrected chi connectivity index (χ0v) is 25.0. The van der Waals surface area contributed by atoms with Gasteiger partial charge in [-0.2, -0.15) is 0 Å². The first-order valence-corrected chi connectivity index (χ1v) is 15.5. The average Bonchev–Trinajstić information content (AvgIpc) is 3.82. The Bertz CT molecular complexity index is 1730. The van der Waals surface area contributed by atoms with Crippen molar-refractivity contribution in [3.05, 3.63) is 117 Å². The van der Waals surface area contributed by atoms with Gasteiger partial charge in [-0.1, -0.05) is 53.5 Å². The van der Waals surface area contributed by atoms with Crippen molar-refractivity contribution in [1.29, 1.82) is 0 Å². The number of aromatic nitrogens is 4. The lowest BCUT2D eigenvalue weighted by Gasteiger charge is -2.32. The fourth-order valence-electron chi connectivity index (χ4n) is 6.26. The van der Waals surface area contributed by atoms with Crippen LogP contribution in [0.3, 0.4) is 0 Å². The number of nitrogens with zero attached hydrogens (tertiary/aromatic N) is 5. The Morgan fingerprint density at radius 1 is 0.837 bits per heavy atom. The van der Waals surface area contributed by atoms with Gasteiger partial charge >= 0.3 is 5.97 Å². The molecule has 43 heavy (non-hydrogen) atoms. The monoisotopic (exact) mass is 611 g/mol. The number of fused-ring (bicyclic) bond motifs is 1. The molecular weight excluding hydrogens is 581 g/mol. The predicted molar refractivity (Wildman–Crippen MR) is 169 cm³/mol. The van der Waals surface area contributed by atoms with Crippen LogP contribution in [0.5, 0.6) is 0 Å². The van der Waals surface area contributed by atoms with E-state index < -0.39 is 5.97 Å². The zero-order chi connectivity index (χ0) is 29.5. The third kappa shape index (κ3) is 5.84. The van der Waals surface area contributed by atoms with Gasteiger partial charge in [0.1, 0.15) is 5.82 Å². The number of aromatic carboxylic acids is 1. The number of rotatable bonds is 8. The number of benzene rings is 3. The Morgan fingerprint density at radius 3 is 2.07 bits per heavy atom. The molecule has 1 saturated carbocycles. The Morgan fingerprint density at radius 2 is 1.47 bits per heavy atom. The minimum Gasteiger partial charge on any atom is -0.477 e. The molecule has 7 nitrogen and oxygen atoms in total. The van der Waals surface area contributed by atoms with Crippen molar-refractivity contribution in [2.45, 2.75) is 44.1 Å². The molecule has 9 heteroatoms. The van der Waals surface area contributed by atoms with Crippen molar-refractivity contribution >= 4 is 46.2 Å². The molecule has 1 N–H and O–H groups in total. The SMILES string of the molecule is O=C(O)c1ccnc(N2CCC(Cn3c(C4CC4)nc4ccc(C(c5ccc(Cl)cc5)c5ccc(Cl)cc5)cc43)CC2)n1. The summed E-state index contributed by atoms with van der Waals surface area (Å²) in [7, 11) is 0.